The van der Waals surface area contributed by atoms with E-state index in [1.165, 1.54) is 17.8 Å². The Morgan fingerprint density at radius 1 is 0.644 bits per heavy atom. The summed E-state index contributed by atoms with van der Waals surface area (Å²) >= 11 is 1.51. The van der Waals surface area contributed by atoms with Gasteiger partial charge in [-0.05, 0) is 73.4 Å². The molecule has 6 aromatic carbocycles. The fraction of sp³-hybridized carbons (Fsp3) is 0.184. The molecule has 0 spiro atoms. The topological polar surface area (TPSA) is 123 Å². The van der Waals surface area contributed by atoms with Gasteiger partial charge in [0.15, 0.2) is 5.78 Å². The van der Waals surface area contributed by atoms with Gasteiger partial charge < -0.3 is 25.4 Å². The van der Waals surface area contributed by atoms with Crippen molar-refractivity contribution in [1.82, 2.24) is 5.32 Å². The number of amides is 3. The minimum atomic E-state index is -1.09. The summed E-state index contributed by atoms with van der Waals surface area (Å²) in [5.41, 5.74) is 4.09. The summed E-state index contributed by atoms with van der Waals surface area (Å²) in [6.45, 7) is 5.26. The molecule has 0 aliphatic rings. The van der Waals surface area contributed by atoms with Crippen molar-refractivity contribution in [2.24, 2.45) is 0 Å². The number of anilines is 2. The Morgan fingerprint density at radius 2 is 1.17 bits per heavy atom. The Morgan fingerprint density at radius 3 is 1.68 bits per heavy atom. The molecule has 0 aliphatic heterocycles. The lowest BCUT2D eigenvalue weighted by Crippen LogP contribution is -2.48. The molecule has 3 amide bonds. The summed E-state index contributed by atoms with van der Waals surface area (Å²) in [5.74, 6) is -0.405. The number of hydrogen-bond donors (Lipinski definition) is 3. The number of carbonyl (C=O) groups excluding carboxylic acids is 4. The minimum absolute atomic E-state index is 0.0631. The number of hydrogen-bond acceptors (Lipinski definition) is 7. The lowest BCUT2D eigenvalue weighted by atomic mass is 9.84. The second-order valence-electron chi connectivity index (χ2n) is 14.8. The van der Waals surface area contributed by atoms with Crippen molar-refractivity contribution in [3.63, 3.8) is 0 Å². The molecule has 300 valence electrons. The minimum Gasteiger partial charge on any atom is -0.497 e. The number of carbonyl (C=O) groups is 4. The molecule has 0 saturated carbocycles. The quantitative estimate of drug-likeness (QED) is 0.0698. The van der Waals surface area contributed by atoms with Gasteiger partial charge in [0.1, 0.15) is 17.4 Å². The molecule has 0 aromatic heterocycles. The van der Waals surface area contributed by atoms with Crippen LogP contribution in [0.3, 0.4) is 0 Å². The lowest BCUT2D eigenvalue weighted by molar-refractivity contribution is -0.118. The fourth-order valence-corrected chi connectivity index (χ4v) is 8.19. The zero-order valence-corrected chi connectivity index (χ0v) is 34.3. The molecular formula is C49H47N3O6S. The van der Waals surface area contributed by atoms with Crippen LogP contribution in [0.4, 0.5) is 16.2 Å². The highest BCUT2D eigenvalue weighted by Gasteiger charge is 2.39. The summed E-state index contributed by atoms with van der Waals surface area (Å²) in [6.07, 6.45) is -0.689. The van der Waals surface area contributed by atoms with Crippen molar-refractivity contribution < 1.29 is 28.7 Å². The molecule has 59 heavy (non-hydrogen) atoms. The number of benzene rings is 6. The zero-order valence-electron chi connectivity index (χ0n) is 33.4. The van der Waals surface area contributed by atoms with Gasteiger partial charge >= 0.3 is 6.09 Å². The zero-order chi connectivity index (χ0) is 41.8. The van der Waals surface area contributed by atoms with E-state index >= 15 is 0 Å². The highest BCUT2D eigenvalue weighted by atomic mass is 32.2. The van der Waals surface area contributed by atoms with Gasteiger partial charge in [0.2, 0.25) is 11.8 Å². The summed E-state index contributed by atoms with van der Waals surface area (Å²) in [4.78, 5) is 55.1. The van der Waals surface area contributed by atoms with Crippen LogP contribution in [0.15, 0.2) is 164 Å². The molecule has 0 heterocycles. The molecule has 0 fully saturated rings. The number of thioether (sulfide) groups is 1. The average molecular weight is 806 g/mol. The largest absolute Gasteiger partial charge is 0.497 e. The summed E-state index contributed by atoms with van der Waals surface area (Å²) in [7, 11) is 1.57. The molecule has 0 aliphatic carbocycles. The first-order chi connectivity index (χ1) is 28.4. The third kappa shape index (κ3) is 10.9. The van der Waals surface area contributed by atoms with Crippen molar-refractivity contribution in [2.45, 2.75) is 43.6 Å². The van der Waals surface area contributed by atoms with Crippen LogP contribution < -0.4 is 20.7 Å². The lowest BCUT2D eigenvalue weighted by Gasteiger charge is -2.36. The third-order valence-corrected chi connectivity index (χ3v) is 11.0. The second kappa shape index (κ2) is 19.2. The van der Waals surface area contributed by atoms with E-state index in [0.29, 0.717) is 17.0 Å². The number of nitrogens with one attached hydrogen (secondary N) is 3. The van der Waals surface area contributed by atoms with Gasteiger partial charge in [0.25, 0.3) is 0 Å². The van der Waals surface area contributed by atoms with Gasteiger partial charge in [-0.3, -0.25) is 14.4 Å². The van der Waals surface area contributed by atoms with Gasteiger partial charge in [0.05, 0.1) is 24.0 Å². The van der Waals surface area contributed by atoms with Crippen LogP contribution in [0.25, 0.3) is 0 Å². The van der Waals surface area contributed by atoms with Crippen LogP contribution in [0.5, 0.6) is 5.75 Å². The number of ether oxygens (including phenoxy) is 2. The van der Waals surface area contributed by atoms with Crippen LogP contribution in [0.2, 0.25) is 0 Å². The van der Waals surface area contributed by atoms with Gasteiger partial charge in [-0.25, -0.2) is 4.79 Å². The van der Waals surface area contributed by atoms with Gasteiger partial charge in [-0.1, -0.05) is 133 Å². The fourth-order valence-electron chi connectivity index (χ4n) is 6.63. The van der Waals surface area contributed by atoms with E-state index in [9.17, 15) is 19.2 Å². The van der Waals surface area contributed by atoms with E-state index in [4.69, 9.17) is 9.47 Å². The molecule has 0 bridgehead atoms. The van der Waals surface area contributed by atoms with Crippen molar-refractivity contribution >= 4 is 46.8 Å². The monoisotopic (exact) mass is 805 g/mol. The molecule has 6 rings (SSSR count). The van der Waals surface area contributed by atoms with Crippen LogP contribution in [0.1, 0.15) is 58.9 Å². The Kier molecular flexibility index (Phi) is 13.7. The molecule has 9 nitrogen and oxygen atoms in total. The smallest absolute Gasteiger partial charge is 0.408 e. The van der Waals surface area contributed by atoms with E-state index in [-0.39, 0.29) is 35.1 Å². The maximum absolute atomic E-state index is 14.4. The maximum atomic E-state index is 14.4. The Bertz CT molecular complexity index is 2250. The normalized spacial score (nSPS) is 11.8. The highest BCUT2D eigenvalue weighted by Crippen LogP contribution is 2.48. The first-order valence-electron chi connectivity index (χ1n) is 19.2. The van der Waals surface area contributed by atoms with Crippen LogP contribution >= 0.6 is 11.8 Å². The summed E-state index contributed by atoms with van der Waals surface area (Å²) in [5, 5.41) is 8.66. The van der Waals surface area contributed by atoms with Crippen molar-refractivity contribution in [1.29, 1.82) is 0 Å². The predicted molar refractivity (Wildman–Crippen MR) is 235 cm³/mol. The number of rotatable bonds is 15. The van der Waals surface area contributed by atoms with Crippen LogP contribution in [-0.2, 0) is 25.5 Å². The summed E-state index contributed by atoms with van der Waals surface area (Å²) < 4.78 is 10.1. The molecule has 0 saturated heterocycles. The molecule has 6 aromatic rings. The Labute approximate surface area is 349 Å². The van der Waals surface area contributed by atoms with E-state index in [2.05, 4.69) is 52.3 Å². The molecular weight excluding hydrogens is 759 g/mol. The first kappa shape index (κ1) is 42.0. The number of alkyl carbamates (subject to hydrolysis) is 1. The molecule has 0 unspecified atom stereocenters. The van der Waals surface area contributed by atoms with Gasteiger partial charge in [0, 0.05) is 22.6 Å². The molecule has 0 radical (unpaired) electrons. The Balaban J connectivity index is 1.33. The Hall–Kier alpha value is -6.65. The SMILES string of the molecule is COc1ccc(CC(=O)Nc2ccc(NC(=O)[C@H](CSC(c3ccccc3)(c3ccccc3)c3ccccc3)NC(=O)OC(C)(C)C)cc2C(=O)c2ccccc2)cc1. The molecule has 10 heteroatoms. The second-order valence-corrected chi connectivity index (χ2v) is 16.0. The standard InChI is InChI=1S/C49H47N3O6S/c1-48(2,3)58-47(56)52-43(33-59-49(36-19-11-6-12-20-36,37-21-13-7-14-22-37)38-23-15-8-16-24-38)46(55)50-39-27-30-42(41(32-39)45(54)35-17-9-5-10-18-35)51-44(53)31-34-25-28-40(57-4)29-26-34/h5-30,32,43H,31,33H2,1-4H3,(H,50,55)(H,51,53)(H,52,56)/t43-/m0/s1. The molecule has 1 atom stereocenters. The van der Waals surface area contributed by atoms with Crippen molar-refractivity contribution in [2.75, 3.05) is 23.5 Å². The van der Waals surface area contributed by atoms with Crippen LogP contribution in [0, 0.1) is 0 Å². The number of methoxy groups -OCH3 is 1. The van der Waals surface area contributed by atoms with E-state index in [1.54, 1.807) is 88.5 Å². The van der Waals surface area contributed by atoms with Crippen molar-refractivity contribution in [3.05, 3.63) is 197 Å². The van der Waals surface area contributed by atoms with E-state index < -0.39 is 28.4 Å². The summed E-state index contributed by atoms with van der Waals surface area (Å²) in [6, 6.07) is 49.7. The van der Waals surface area contributed by atoms with Gasteiger partial charge in [-0.2, -0.15) is 0 Å². The predicted octanol–water partition coefficient (Wildman–Crippen LogP) is 9.66. The van der Waals surface area contributed by atoms with Crippen molar-refractivity contribution in [3.8, 4) is 5.75 Å². The van der Waals surface area contributed by atoms with Gasteiger partial charge in [-0.15, -0.1) is 11.8 Å². The first-order valence-corrected chi connectivity index (χ1v) is 20.2. The average Bonchev–Trinajstić information content (AvgIpc) is 3.24. The van der Waals surface area contributed by atoms with E-state index in [0.717, 1.165) is 22.3 Å². The molecule has 3 N–H and O–H groups in total. The third-order valence-electron chi connectivity index (χ3n) is 9.38. The van der Waals surface area contributed by atoms with E-state index in [1.807, 2.05) is 60.7 Å². The number of ketones is 1. The van der Waals surface area contributed by atoms with Crippen LogP contribution in [-0.4, -0.2) is 48.2 Å². The maximum Gasteiger partial charge on any atom is 0.408 e. The highest BCUT2D eigenvalue weighted by molar-refractivity contribution is 8.00.